The molecule has 2 bridgehead atoms. The van der Waals surface area contributed by atoms with Gasteiger partial charge in [-0.3, -0.25) is 0 Å². The van der Waals surface area contributed by atoms with Crippen LogP contribution in [-0.2, 0) is 0 Å². The maximum absolute atomic E-state index is 9.23. The molecule has 2 saturated carbocycles. The molecule has 0 radical (unpaired) electrons. The summed E-state index contributed by atoms with van der Waals surface area (Å²) in [6.07, 6.45) is 2.65. The molecule has 0 amide bonds. The predicted octanol–water partition coefficient (Wildman–Crippen LogP) is 0.846. The van der Waals surface area contributed by atoms with Crippen molar-refractivity contribution in [2.24, 2.45) is 35.3 Å². The SMILES string of the molecule is CC1C2CC(CN)C(C2)C1CO. The zero-order valence-corrected chi connectivity index (χ0v) is 7.74. The average molecular weight is 169 g/mol. The topological polar surface area (TPSA) is 46.2 Å². The van der Waals surface area contributed by atoms with E-state index in [4.69, 9.17) is 5.73 Å². The summed E-state index contributed by atoms with van der Waals surface area (Å²) in [7, 11) is 0. The van der Waals surface area contributed by atoms with Crippen molar-refractivity contribution in [2.45, 2.75) is 19.8 Å². The van der Waals surface area contributed by atoms with Crippen molar-refractivity contribution in [2.75, 3.05) is 13.2 Å². The average Bonchev–Trinajstić information content (AvgIpc) is 2.61. The molecule has 70 valence electrons. The third-order valence-corrected chi connectivity index (χ3v) is 4.27. The van der Waals surface area contributed by atoms with Crippen LogP contribution >= 0.6 is 0 Å². The minimum absolute atomic E-state index is 0.374. The number of fused-ring (bicyclic) bond motifs is 2. The molecule has 0 aliphatic heterocycles. The summed E-state index contributed by atoms with van der Waals surface area (Å²) < 4.78 is 0. The molecule has 12 heavy (non-hydrogen) atoms. The first-order valence-electron chi connectivity index (χ1n) is 5.08. The molecule has 2 nitrogen and oxygen atoms in total. The van der Waals surface area contributed by atoms with E-state index in [0.717, 1.165) is 24.3 Å². The summed E-state index contributed by atoms with van der Waals surface area (Å²) in [4.78, 5) is 0. The second kappa shape index (κ2) is 3.00. The zero-order chi connectivity index (χ0) is 8.72. The van der Waals surface area contributed by atoms with Crippen molar-refractivity contribution in [3.63, 3.8) is 0 Å². The van der Waals surface area contributed by atoms with Crippen LogP contribution in [0.3, 0.4) is 0 Å². The van der Waals surface area contributed by atoms with Gasteiger partial charge in [0, 0.05) is 6.61 Å². The van der Waals surface area contributed by atoms with Crippen LogP contribution in [0.2, 0.25) is 0 Å². The Balaban J connectivity index is 2.09. The third kappa shape index (κ3) is 1.01. The van der Waals surface area contributed by atoms with Crippen molar-refractivity contribution in [3.8, 4) is 0 Å². The van der Waals surface area contributed by atoms with Crippen molar-refractivity contribution in [1.82, 2.24) is 0 Å². The highest BCUT2D eigenvalue weighted by molar-refractivity contribution is 4.98. The molecule has 0 spiro atoms. The minimum Gasteiger partial charge on any atom is -0.396 e. The molecule has 0 heterocycles. The molecule has 5 unspecified atom stereocenters. The summed E-state index contributed by atoms with van der Waals surface area (Å²) in [5.74, 6) is 3.60. The maximum Gasteiger partial charge on any atom is 0.0464 e. The van der Waals surface area contributed by atoms with Gasteiger partial charge in [-0.2, -0.15) is 0 Å². The smallest absolute Gasteiger partial charge is 0.0464 e. The first kappa shape index (κ1) is 8.52. The van der Waals surface area contributed by atoms with Crippen LogP contribution in [0.4, 0.5) is 0 Å². The van der Waals surface area contributed by atoms with E-state index in [2.05, 4.69) is 6.92 Å². The van der Waals surface area contributed by atoms with Gasteiger partial charge in [-0.15, -0.1) is 0 Å². The van der Waals surface area contributed by atoms with E-state index >= 15 is 0 Å². The molecular weight excluding hydrogens is 150 g/mol. The Morgan fingerprint density at radius 1 is 1.42 bits per heavy atom. The van der Waals surface area contributed by atoms with Gasteiger partial charge < -0.3 is 10.8 Å². The van der Waals surface area contributed by atoms with Crippen LogP contribution in [0.25, 0.3) is 0 Å². The quantitative estimate of drug-likeness (QED) is 0.643. The summed E-state index contributed by atoms with van der Waals surface area (Å²) >= 11 is 0. The monoisotopic (exact) mass is 169 g/mol. The lowest BCUT2D eigenvalue weighted by Gasteiger charge is -2.32. The van der Waals surface area contributed by atoms with Crippen LogP contribution in [0.5, 0.6) is 0 Å². The first-order chi connectivity index (χ1) is 5.77. The molecule has 2 aliphatic carbocycles. The largest absolute Gasteiger partial charge is 0.396 e. The normalized spacial score (nSPS) is 51.8. The Hall–Kier alpha value is -0.0800. The van der Waals surface area contributed by atoms with Gasteiger partial charge in [0.25, 0.3) is 0 Å². The van der Waals surface area contributed by atoms with Gasteiger partial charge in [0.1, 0.15) is 0 Å². The second-order valence-electron chi connectivity index (χ2n) is 4.60. The molecule has 3 N–H and O–H groups in total. The van der Waals surface area contributed by atoms with Gasteiger partial charge in [-0.1, -0.05) is 6.92 Å². The molecule has 0 saturated heterocycles. The molecule has 2 aliphatic rings. The molecule has 0 aromatic rings. The van der Waals surface area contributed by atoms with E-state index in [9.17, 15) is 5.11 Å². The van der Waals surface area contributed by atoms with Crippen molar-refractivity contribution in [1.29, 1.82) is 0 Å². The van der Waals surface area contributed by atoms with Crippen LogP contribution in [0.15, 0.2) is 0 Å². The standard InChI is InChI=1S/C10H19NO/c1-6-7-2-8(4-11)9(3-7)10(6)5-12/h6-10,12H,2-5,11H2,1H3. The second-order valence-corrected chi connectivity index (χ2v) is 4.60. The van der Waals surface area contributed by atoms with E-state index in [1.807, 2.05) is 0 Å². The van der Waals surface area contributed by atoms with Crippen LogP contribution in [-0.4, -0.2) is 18.3 Å². The first-order valence-corrected chi connectivity index (χ1v) is 5.08. The lowest BCUT2D eigenvalue weighted by atomic mass is 9.75. The number of nitrogens with two attached hydrogens (primary N) is 1. The fraction of sp³-hybridized carbons (Fsp3) is 1.00. The van der Waals surface area contributed by atoms with Crippen molar-refractivity contribution in [3.05, 3.63) is 0 Å². The fourth-order valence-corrected chi connectivity index (χ4v) is 3.47. The van der Waals surface area contributed by atoms with Crippen LogP contribution < -0.4 is 5.73 Å². The van der Waals surface area contributed by atoms with E-state index in [1.54, 1.807) is 0 Å². The summed E-state index contributed by atoms with van der Waals surface area (Å²) in [6, 6.07) is 0. The van der Waals surface area contributed by atoms with E-state index < -0.39 is 0 Å². The zero-order valence-electron chi connectivity index (χ0n) is 7.74. The van der Waals surface area contributed by atoms with Crippen LogP contribution in [0, 0.1) is 29.6 Å². The highest BCUT2D eigenvalue weighted by Gasteiger charge is 2.49. The van der Waals surface area contributed by atoms with Crippen LogP contribution in [0.1, 0.15) is 19.8 Å². The predicted molar refractivity (Wildman–Crippen MR) is 48.5 cm³/mol. The lowest BCUT2D eigenvalue weighted by molar-refractivity contribution is 0.103. The van der Waals surface area contributed by atoms with Gasteiger partial charge in [0.05, 0.1) is 0 Å². The lowest BCUT2D eigenvalue weighted by Crippen LogP contribution is -2.32. The van der Waals surface area contributed by atoms with Gasteiger partial charge in [-0.25, -0.2) is 0 Å². The molecule has 2 rings (SSSR count). The van der Waals surface area contributed by atoms with Crippen molar-refractivity contribution >= 4 is 0 Å². The summed E-state index contributed by atoms with van der Waals surface area (Å²) in [6.45, 7) is 3.49. The number of aliphatic hydroxyl groups excluding tert-OH is 1. The third-order valence-electron chi connectivity index (χ3n) is 4.27. The maximum atomic E-state index is 9.23. The number of hydrogen-bond acceptors (Lipinski definition) is 2. The van der Waals surface area contributed by atoms with E-state index in [0.29, 0.717) is 18.4 Å². The number of hydrogen-bond donors (Lipinski definition) is 2. The minimum atomic E-state index is 0.374. The number of aliphatic hydroxyl groups is 1. The van der Waals surface area contributed by atoms with E-state index in [-0.39, 0.29) is 0 Å². The molecule has 0 aromatic heterocycles. The molecule has 0 aromatic carbocycles. The van der Waals surface area contributed by atoms with Gasteiger partial charge in [0.15, 0.2) is 0 Å². The summed E-state index contributed by atoms with van der Waals surface area (Å²) in [5.41, 5.74) is 5.70. The van der Waals surface area contributed by atoms with E-state index in [1.165, 1.54) is 12.8 Å². The Morgan fingerprint density at radius 2 is 2.17 bits per heavy atom. The highest BCUT2D eigenvalue weighted by Crippen LogP contribution is 2.54. The molecule has 5 atom stereocenters. The fourth-order valence-electron chi connectivity index (χ4n) is 3.47. The Labute approximate surface area is 74.1 Å². The van der Waals surface area contributed by atoms with Gasteiger partial charge >= 0.3 is 0 Å². The highest BCUT2D eigenvalue weighted by atomic mass is 16.3. The molecule has 2 heteroatoms. The summed E-state index contributed by atoms with van der Waals surface area (Å²) in [5, 5.41) is 9.23. The Morgan fingerprint density at radius 3 is 2.67 bits per heavy atom. The van der Waals surface area contributed by atoms with Gasteiger partial charge in [0.2, 0.25) is 0 Å². The number of rotatable bonds is 2. The molecular formula is C10H19NO. The van der Waals surface area contributed by atoms with Gasteiger partial charge in [-0.05, 0) is 49.0 Å². The Bertz CT molecular complexity index is 171. The molecule has 2 fully saturated rings. The van der Waals surface area contributed by atoms with Crippen molar-refractivity contribution < 1.29 is 5.11 Å². The Kier molecular flexibility index (Phi) is 2.13.